The minimum absolute atomic E-state index is 0.0000926. The van der Waals surface area contributed by atoms with Gasteiger partial charge in [0.1, 0.15) is 6.79 Å². The lowest BCUT2D eigenvalue weighted by Crippen LogP contribution is -2.18. The van der Waals surface area contributed by atoms with E-state index < -0.39 is 0 Å². The number of rotatable bonds is 3. The molecule has 1 rings (SSSR count). The van der Waals surface area contributed by atoms with Crippen molar-refractivity contribution in [3.8, 4) is 0 Å². The lowest BCUT2D eigenvalue weighted by molar-refractivity contribution is -0.0979. The third-order valence-corrected chi connectivity index (χ3v) is 1.28. The van der Waals surface area contributed by atoms with Crippen LogP contribution in [0.15, 0.2) is 5.11 Å². The number of anilines is 2. The number of nitrogens with one attached hydrogen (secondary N) is 1. The van der Waals surface area contributed by atoms with Crippen molar-refractivity contribution in [2.45, 2.75) is 0 Å². The van der Waals surface area contributed by atoms with Gasteiger partial charge in [-0.25, -0.2) is 10.6 Å². The second-order valence-electron chi connectivity index (χ2n) is 2.09. The summed E-state index contributed by atoms with van der Waals surface area (Å²) < 4.78 is 0. The number of aromatic nitrogens is 3. The van der Waals surface area contributed by atoms with Crippen LogP contribution in [0.2, 0.25) is 0 Å². The number of nitrogens with two attached hydrogens (primary N) is 1. The fourth-order valence-electron chi connectivity index (χ4n) is 0.642. The first kappa shape index (κ1) is 12.8. The highest BCUT2D eigenvalue weighted by atomic mass is 16.7. The summed E-state index contributed by atoms with van der Waals surface area (Å²) in [5.74, 6) is 0.160. The quantitative estimate of drug-likeness (QED) is 0.530. The topological polar surface area (TPSA) is 130 Å². The molecule has 0 fully saturated rings. The molecule has 1 aromatic rings. The van der Waals surface area contributed by atoms with Crippen LogP contribution in [0.4, 0.5) is 17.8 Å². The number of hydroxylamine groups is 1. The zero-order valence-electron chi connectivity index (χ0n) is 8.34. The smallest absolute Gasteiger partial charge is 0.274 e. The number of nitrogen functional groups attached to an aromatic ring is 1. The van der Waals surface area contributed by atoms with E-state index in [0.29, 0.717) is 0 Å². The summed E-state index contributed by atoms with van der Waals surface area (Å²) >= 11 is 0. The Balaban J connectivity index is 0.000000921. The van der Waals surface area contributed by atoms with E-state index in [1.807, 2.05) is 6.79 Å². The molecule has 0 aliphatic carbocycles. The second-order valence-corrected chi connectivity index (χ2v) is 2.09. The maximum Gasteiger partial charge on any atom is 0.274 e. The molecule has 3 N–H and O–H groups in total. The number of hydrogen-bond donors (Lipinski definition) is 2. The van der Waals surface area contributed by atoms with Gasteiger partial charge in [-0.15, -0.1) is 5.11 Å². The molecule has 0 bridgehead atoms. The van der Waals surface area contributed by atoms with Crippen LogP contribution in [0.3, 0.4) is 0 Å². The molecule has 0 radical (unpaired) electrons. The average Bonchev–Trinajstić information content (AvgIpc) is 2.29. The Morgan fingerprint density at radius 1 is 1.47 bits per heavy atom. The molecule has 0 unspecified atom stereocenters. The van der Waals surface area contributed by atoms with E-state index in [1.165, 1.54) is 12.2 Å². The lowest BCUT2D eigenvalue weighted by atomic mass is 10.8. The summed E-state index contributed by atoms with van der Waals surface area (Å²) in [7, 11) is 3.06. The Kier molecular flexibility index (Phi) is 5.41. The third kappa shape index (κ3) is 3.60. The predicted molar refractivity (Wildman–Crippen MR) is 51.6 cm³/mol. The van der Waals surface area contributed by atoms with Gasteiger partial charge in [0.25, 0.3) is 11.9 Å². The molecule has 82 valence electrons. The summed E-state index contributed by atoms with van der Waals surface area (Å²) in [4.78, 5) is 23.9. The van der Waals surface area contributed by atoms with E-state index in [-0.39, 0.29) is 17.8 Å². The Labute approximate surface area is 85.8 Å². The molecule has 0 aliphatic heterocycles. The molecule has 0 atom stereocenters. The normalized spacial score (nSPS) is 8.67. The van der Waals surface area contributed by atoms with E-state index in [2.05, 4.69) is 20.1 Å². The molecule has 0 amide bonds. The summed E-state index contributed by atoms with van der Waals surface area (Å²) in [6, 6.07) is 0. The van der Waals surface area contributed by atoms with Crippen LogP contribution in [0.1, 0.15) is 0 Å². The SMILES string of the molecule is C=O.CON(C)c1nc(N)nc(N=N)n1. The zero-order chi connectivity index (χ0) is 11.8. The summed E-state index contributed by atoms with van der Waals surface area (Å²) in [6.45, 7) is 2.00. The van der Waals surface area contributed by atoms with E-state index in [1.54, 1.807) is 7.05 Å². The van der Waals surface area contributed by atoms with E-state index >= 15 is 0 Å². The molecule has 0 saturated heterocycles. The van der Waals surface area contributed by atoms with Gasteiger partial charge in [-0.3, -0.25) is 4.84 Å². The predicted octanol–water partition coefficient (Wildman–Crippen LogP) is -0.0710. The van der Waals surface area contributed by atoms with E-state index in [9.17, 15) is 0 Å². The Bertz CT molecular complexity index is 331. The van der Waals surface area contributed by atoms with Crippen LogP contribution in [-0.4, -0.2) is 35.9 Å². The minimum atomic E-state index is -0.0496. The zero-order valence-corrected chi connectivity index (χ0v) is 8.34. The number of carbonyl (C=O) groups excluding carboxylic acids is 1. The first-order chi connectivity index (χ1) is 7.17. The van der Waals surface area contributed by atoms with Gasteiger partial charge >= 0.3 is 0 Å². The van der Waals surface area contributed by atoms with Crippen LogP contribution in [-0.2, 0) is 9.63 Å². The van der Waals surface area contributed by atoms with Crippen molar-refractivity contribution in [2.24, 2.45) is 5.11 Å². The first-order valence-corrected chi connectivity index (χ1v) is 3.63. The van der Waals surface area contributed by atoms with E-state index in [0.717, 1.165) is 0 Å². The molecular formula is C6H11N7O2. The standard InChI is InChI=1S/C5H9N7O.CH2O/c1-12(13-2)5-9-3(6)8-4(10-5)11-7;1-2/h7H,1-2H3,(H2,6,8,9,10);1H2. The molecule has 15 heavy (non-hydrogen) atoms. The molecule has 1 heterocycles. The van der Waals surface area contributed by atoms with Gasteiger partial charge in [0.05, 0.1) is 7.11 Å². The van der Waals surface area contributed by atoms with Gasteiger partial charge in [0, 0.05) is 7.05 Å². The highest BCUT2D eigenvalue weighted by molar-refractivity contribution is 5.36. The molecule has 1 aromatic heterocycles. The lowest BCUT2D eigenvalue weighted by Gasteiger charge is -2.12. The first-order valence-electron chi connectivity index (χ1n) is 3.63. The number of nitrogens with zero attached hydrogens (tertiary/aromatic N) is 5. The van der Waals surface area contributed by atoms with E-state index in [4.69, 9.17) is 20.9 Å². The van der Waals surface area contributed by atoms with Crippen LogP contribution in [0, 0.1) is 5.53 Å². The monoisotopic (exact) mass is 213 g/mol. The van der Waals surface area contributed by atoms with Gasteiger partial charge in [0.15, 0.2) is 0 Å². The molecule has 0 spiro atoms. The average molecular weight is 213 g/mol. The van der Waals surface area contributed by atoms with Crippen molar-refractivity contribution in [3.05, 3.63) is 0 Å². The molecule has 0 aromatic carbocycles. The van der Waals surface area contributed by atoms with Crippen LogP contribution in [0.5, 0.6) is 0 Å². The van der Waals surface area contributed by atoms with Crippen molar-refractivity contribution in [1.82, 2.24) is 15.0 Å². The Morgan fingerprint density at radius 2 is 2.07 bits per heavy atom. The van der Waals surface area contributed by atoms with Gasteiger partial charge in [0.2, 0.25) is 5.95 Å². The van der Waals surface area contributed by atoms with Crippen LogP contribution >= 0.6 is 0 Å². The molecule has 0 saturated carbocycles. The highest BCUT2D eigenvalue weighted by Gasteiger charge is 2.07. The fraction of sp³-hybridized carbons (Fsp3) is 0.333. The van der Waals surface area contributed by atoms with Gasteiger partial charge in [-0.05, 0) is 0 Å². The highest BCUT2D eigenvalue weighted by Crippen LogP contribution is 2.11. The molecule has 0 aliphatic rings. The summed E-state index contributed by atoms with van der Waals surface area (Å²) in [5, 5.41) is 4.32. The van der Waals surface area contributed by atoms with Crippen LogP contribution in [0.25, 0.3) is 0 Å². The van der Waals surface area contributed by atoms with Crippen molar-refractivity contribution in [1.29, 1.82) is 5.53 Å². The minimum Gasteiger partial charge on any atom is -0.368 e. The van der Waals surface area contributed by atoms with Crippen molar-refractivity contribution >= 4 is 24.6 Å². The Hall–Kier alpha value is -2.16. The van der Waals surface area contributed by atoms with Gasteiger partial charge in [-0.1, -0.05) is 0 Å². The van der Waals surface area contributed by atoms with Gasteiger partial charge < -0.3 is 10.5 Å². The van der Waals surface area contributed by atoms with Crippen molar-refractivity contribution < 1.29 is 9.63 Å². The van der Waals surface area contributed by atoms with Gasteiger partial charge in [-0.2, -0.15) is 15.0 Å². The molecule has 9 heteroatoms. The van der Waals surface area contributed by atoms with Crippen molar-refractivity contribution in [2.75, 3.05) is 25.0 Å². The maximum atomic E-state index is 8.00. The fourth-order valence-corrected chi connectivity index (χ4v) is 0.642. The summed E-state index contributed by atoms with van der Waals surface area (Å²) in [6.07, 6.45) is 0. The largest absolute Gasteiger partial charge is 0.368 e. The number of hydrogen-bond acceptors (Lipinski definition) is 9. The molecular weight excluding hydrogens is 202 g/mol. The Morgan fingerprint density at radius 3 is 2.53 bits per heavy atom. The summed E-state index contributed by atoms with van der Waals surface area (Å²) in [5.41, 5.74) is 12.0. The second kappa shape index (κ2) is 6.32. The van der Waals surface area contributed by atoms with Crippen molar-refractivity contribution in [3.63, 3.8) is 0 Å². The van der Waals surface area contributed by atoms with Crippen LogP contribution < -0.4 is 10.8 Å². The maximum absolute atomic E-state index is 8.00. The number of carbonyl (C=O) groups is 1. The third-order valence-electron chi connectivity index (χ3n) is 1.28. The molecule has 9 nitrogen and oxygen atoms in total.